The first-order valence-electron chi connectivity index (χ1n) is 11.9. The lowest BCUT2D eigenvalue weighted by Gasteiger charge is -2.47. The van der Waals surface area contributed by atoms with Crippen molar-refractivity contribution >= 4 is 42.3 Å². The molecule has 0 aromatic carbocycles. The summed E-state index contributed by atoms with van der Waals surface area (Å²) in [5.74, 6) is -0.184. The van der Waals surface area contributed by atoms with E-state index in [1.165, 1.54) is 28.9 Å². The molecule has 2 aromatic heterocycles. The quantitative estimate of drug-likeness (QED) is 0.174. The highest BCUT2D eigenvalue weighted by Gasteiger charge is 2.46. The van der Waals surface area contributed by atoms with Gasteiger partial charge in [0.05, 0.1) is 6.20 Å². The van der Waals surface area contributed by atoms with Gasteiger partial charge in [-0.25, -0.2) is 0 Å². The number of hydrogen-bond donors (Lipinski definition) is 1. The SMILES string of the molecule is CC(C)CC(C(=O)c1nnc(SCCN(C)C)o1)N(C=O)C1(NC(=O)c2ccno2)CCCCC1.Cl. The molecule has 0 saturated heterocycles. The molecule has 36 heavy (non-hydrogen) atoms. The van der Waals surface area contributed by atoms with E-state index in [2.05, 4.69) is 20.7 Å². The van der Waals surface area contributed by atoms with Crippen LogP contribution in [-0.4, -0.2) is 81.4 Å². The van der Waals surface area contributed by atoms with Crippen LogP contribution in [0.4, 0.5) is 0 Å². The first-order chi connectivity index (χ1) is 16.8. The van der Waals surface area contributed by atoms with Crippen LogP contribution >= 0.6 is 24.2 Å². The zero-order valence-corrected chi connectivity index (χ0v) is 22.8. The Labute approximate surface area is 221 Å². The topological polar surface area (TPSA) is 135 Å². The number of aromatic nitrogens is 3. The Bertz CT molecular complexity index is 978. The molecule has 2 aromatic rings. The van der Waals surface area contributed by atoms with Crippen molar-refractivity contribution in [3.63, 3.8) is 0 Å². The van der Waals surface area contributed by atoms with E-state index in [-0.39, 0.29) is 30.0 Å². The lowest BCUT2D eigenvalue weighted by Crippen LogP contribution is -2.65. The molecule has 0 radical (unpaired) electrons. The summed E-state index contributed by atoms with van der Waals surface area (Å²) in [5.41, 5.74) is -1.04. The van der Waals surface area contributed by atoms with Crippen LogP contribution < -0.4 is 5.32 Å². The Kier molecular flexibility index (Phi) is 11.4. The predicted octanol–water partition coefficient (Wildman–Crippen LogP) is 3.28. The molecule has 0 bridgehead atoms. The van der Waals surface area contributed by atoms with Crippen LogP contribution in [0.25, 0.3) is 0 Å². The Morgan fingerprint density at radius 1 is 1.22 bits per heavy atom. The minimum atomic E-state index is -1.04. The summed E-state index contributed by atoms with van der Waals surface area (Å²) < 4.78 is 10.7. The Balaban J connectivity index is 0.00000456. The lowest BCUT2D eigenvalue weighted by atomic mass is 9.85. The number of hydrogen-bond acceptors (Lipinski definition) is 10. The molecular weight excluding hydrogens is 508 g/mol. The summed E-state index contributed by atoms with van der Waals surface area (Å²) in [7, 11) is 3.94. The smallest absolute Gasteiger partial charge is 0.291 e. The van der Waals surface area contributed by atoms with Gasteiger partial charge in [-0.3, -0.25) is 14.4 Å². The first kappa shape index (κ1) is 29.8. The Hall–Kier alpha value is -2.44. The van der Waals surface area contributed by atoms with Gasteiger partial charge < -0.3 is 24.1 Å². The highest BCUT2D eigenvalue weighted by Crippen LogP contribution is 2.34. The summed E-state index contributed by atoms with van der Waals surface area (Å²) in [6.07, 6.45) is 6.03. The second-order valence-corrected chi connectivity index (χ2v) is 10.5. The van der Waals surface area contributed by atoms with Crippen molar-refractivity contribution in [2.45, 2.75) is 69.3 Å². The molecule has 2 heterocycles. The van der Waals surface area contributed by atoms with Crippen LogP contribution in [0.3, 0.4) is 0 Å². The molecule has 1 aliphatic carbocycles. The zero-order valence-electron chi connectivity index (χ0n) is 21.1. The maximum atomic E-state index is 13.6. The Morgan fingerprint density at radius 2 is 1.94 bits per heavy atom. The van der Waals surface area contributed by atoms with Crippen molar-refractivity contribution in [1.29, 1.82) is 0 Å². The van der Waals surface area contributed by atoms with Crippen LogP contribution in [0.5, 0.6) is 0 Å². The molecule has 1 fully saturated rings. The molecule has 3 rings (SSSR count). The number of Topliss-reactive ketones (excluding diaryl/α,β-unsaturated/α-hetero) is 1. The van der Waals surface area contributed by atoms with Crippen molar-refractivity contribution in [2.24, 2.45) is 5.92 Å². The van der Waals surface area contributed by atoms with Gasteiger partial charge in [0.25, 0.3) is 17.0 Å². The van der Waals surface area contributed by atoms with Crippen molar-refractivity contribution in [1.82, 2.24) is 30.5 Å². The van der Waals surface area contributed by atoms with E-state index in [1.54, 1.807) is 0 Å². The fourth-order valence-electron chi connectivity index (χ4n) is 4.28. The third kappa shape index (κ3) is 7.53. The molecule has 1 aliphatic rings. The molecular formula is C23H35ClN6O5S. The van der Waals surface area contributed by atoms with E-state index in [4.69, 9.17) is 8.94 Å². The largest absolute Gasteiger partial charge is 0.408 e. The fourth-order valence-corrected chi connectivity index (χ4v) is 5.15. The maximum Gasteiger partial charge on any atom is 0.291 e. The molecule has 11 nitrogen and oxygen atoms in total. The number of nitrogens with one attached hydrogen (secondary N) is 1. The highest BCUT2D eigenvalue weighted by molar-refractivity contribution is 7.99. The summed E-state index contributed by atoms with van der Waals surface area (Å²) in [5, 5.41) is 14.9. The molecule has 1 unspecified atom stereocenters. The van der Waals surface area contributed by atoms with E-state index in [9.17, 15) is 14.4 Å². The number of thioether (sulfide) groups is 1. The van der Waals surface area contributed by atoms with Gasteiger partial charge in [-0.1, -0.05) is 37.2 Å². The number of carbonyl (C=O) groups excluding carboxylic acids is 3. The second kappa shape index (κ2) is 13.8. The molecule has 0 spiro atoms. The predicted molar refractivity (Wildman–Crippen MR) is 136 cm³/mol. The summed E-state index contributed by atoms with van der Waals surface area (Å²) >= 11 is 1.37. The maximum absolute atomic E-state index is 13.6. The van der Waals surface area contributed by atoms with Gasteiger partial charge in [0, 0.05) is 18.4 Å². The standard InChI is InChI=1S/C23H34N6O5S.ClH/c1-16(2)14-17(19(31)21-26-27-22(33-21)35-13-12-28(3)4)29(15-30)23(9-6-5-7-10-23)25-20(32)18-8-11-24-34-18;/h8,11,15-17H,5-7,9-10,12-14H2,1-4H3,(H,25,32);1H. The van der Waals surface area contributed by atoms with E-state index in [1.807, 2.05) is 32.8 Å². The van der Waals surface area contributed by atoms with Crippen LogP contribution in [0.15, 0.2) is 26.4 Å². The molecule has 2 amide bonds. The van der Waals surface area contributed by atoms with Crippen molar-refractivity contribution in [2.75, 3.05) is 26.4 Å². The van der Waals surface area contributed by atoms with Gasteiger partial charge in [0.1, 0.15) is 11.7 Å². The second-order valence-electron chi connectivity index (χ2n) is 9.47. The minimum absolute atomic E-state index is 0. The molecule has 1 N–H and O–H groups in total. The van der Waals surface area contributed by atoms with Crippen molar-refractivity contribution < 1.29 is 23.3 Å². The summed E-state index contributed by atoms with van der Waals surface area (Å²) in [6, 6.07) is 0.586. The molecule has 1 atom stereocenters. The van der Waals surface area contributed by atoms with Gasteiger partial charge in [-0.15, -0.1) is 22.6 Å². The number of ketones is 1. The van der Waals surface area contributed by atoms with Crippen LogP contribution in [-0.2, 0) is 4.79 Å². The summed E-state index contributed by atoms with van der Waals surface area (Å²) in [6.45, 7) is 4.76. The Morgan fingerprint density at radius 3 is 2.53 bits per heavy atom. The van der Waals surface area contributed by atoms with Crippen molar-refractivity contribution in [3.05, 3.63) is 23.9 Å². The first-order valence-corrected chi connectivity index (χ1v) is 12.9. The highest BCUT2D eigenvalue weighted by atomic mass is 35.5. The number of nitrogens with zero attached hydrogens (tertiary/aromatic N) is 5. The van der Waals surface area contributed by atoms with Gasteiger partial charge in [-0.2, -0.15) is 0 Å². The van der Waals surface area contributed by atoms with Crippen molar-refractivity contribution in [3.8, 4) is 0 Å². The molecule has 0 aliphatic heterocycles. The number of carbonyl (C=O) groups is 3. The van der Waals surface area contributed by atoms with E-state index >= 15 is 0 Å². The monoisotopic (exact) mass is 542 g/mol. The lowest BCUT2D eigenvalue weighted by molar-refractivity contribution is -0.129. The normalized spacial score (nSPS) is 15.8. The average molecular weight is 543 g/mol. The van der Waals surface area contributed by atoms with Crippen LogP contribution in [0, 0.1) is 5.92 Å². The van der Waals surface area contributed by atoms with E-state index in [0.717, 1.165) is 31.6 Å². The summed E-state index contributed by atoms with van der Waals surface area (Å²) in [4.78, 5) is 42.6. The zero-order chi connectivity index (χ0) is 25.4. The van der Waals surface area contributed by atoms with Gasteiger partial charge in [-0.05, 0) is 52.1 Å². The van der Waals surface area contributed by atoms with Crippen LogP contribution in [0.1, 0.15) is 73.6 Å². The number of rotatable bonds is 13. The molecule has 1 saturated carbocycles. The average Bonchev–Trinajstić information content (AvgIpc) is 3.51. The van der Waals surface area contributed by atoms with Gasteiger partial charge >= 0.3 is 0 Å². The van der Waals surface area contributed by atoms with Crippen LogP contribution in [0.2, 0.25) is 0 Å². The number of amides is 2. The fraction of sp³-hybridized carbons (Fsp3) is 0.652. The molecule has 200 valence electrons. The number of halogens is 1. The van der Waals surface area contributed by atoms with E-state index < -0.39 is 23.4 Å². The third-order valence-corrected chi connectivity index (χ3v) is 6.81. The van der Waals surface area contributed by atoms with E-state index in [0.29, 0.717) is 30.9 Å². The molecule has 13 heteroatoms. The van der Waals surface area contributed by atoms with Gasteiger partial charge in [0.15, 0.2) is 0 Å². The van der Waals surface area contributed by atoms with Gasteiger partial charge in [0.2, 0.25) is 18.0 Å². The third-order valence-electron chi connectivity index (χ3n) is 6.01. The minimum Gasteiger partial charge on any atom is -0.408 e.